The Kier molecular flexibility index (Phi) is 8.02. The van der Waals surface area contributed by atoms with Crippen LogP contribution in [0.5, 0.6) is 0 Å². The topological polar surface area (TPSA) is 40.9 Å². The molecule has 0 saturated carbocycles. The minimum absolute atomic E-state index is 0.169. The number of thioether (sulfide) groups is 2. The molecule has 0 atom stereocenters. The largest absolute Gasteiger partial charge is 0.289 e. The molecule has 0 amide bonds. The minimum atomic E-state index is 0.169. The van der Waals surface area contributed by atoms with Crippen molar-refractivity contribution in [2.24, 2.45) is 0 Å². The molecule has 0 N–H and O–H groups in total. The van der Waals surface area contributed by atoms with E-state index in [-0.39, 0.29) is 4.06 Å². The molecular formula is C11H15NOS4. The molecule has 0 aromatic carbocycles. The SMILES string of the molecule is CCCCCSc1sc(=O)sc1SCCC#N. The van der Waals surface area contributed by atoms with E-state index < -0.39 is 0 Å². The molecule has 0 aliphatic heterocycles. The van der Waals surface area contributed by atoms with E-state index in [0.29, 0.717) is 6.42 Å². The van der Waals surface area contributed by atoms with Gasteiger partial charge in [-0.1, -0.05) is 42.4 Å². The molecule has 1 rings (SSSR count). The van der Waals surface area contributed by atoms with Crippen molar-refractivity contribution in [1.82, 2.24) is 0 Å². The van der Waals surface area contributed by atoms with Crippen LogP contribution >= 0.6 is 46.2 Å². The van der Waals surface area contributed by atoms with Crippen molar-refractivity contribution in [1.29, 1.82) is 5.26 Å². The Labute approximate surface area is 118 Å². The molecule has 6 heteroatoms. The summed E-state index contributed by atoms with van der Waals surface area (Å²) in [6.07, 6.45) is 4.23. The first-order valence-corrected chi connectivity index (χ1v) is 9.14. The lowest BCUT2D eigenvalue weighted by molar-refractivity contribution is 0.778. The van der Waals surface area contributed by atoms with Crippen LogP contribution in [0.15, 0.2) is 13.2 Å². The van der Waals surface area contributed by atoms with E-state index in [1.165, 1.54) is 41.9 Å². The Morgan fingerprint density at radius 1 is 1.18 bits per heavy atom. The predicted octanol–water partition coefficient (Wildman–Crippen LogP) is 4.46. The van der Waals surface area contributed by atoms with Gasteiger partial charge in [0.25, 0.3) is 4.06 Å². The van der Waals surface area contributed by atoms with Gasteiger partial charge >= 0.3 is 0 Å². The van der Waals surface area contributed by atoms with E-state index in [0.717, 1.165) is 19.9 Å². The van der Waals surface area contributed by atoms with Gasteiger partial charge in [-0.3, -0.25) is 4.79 Å². The van der Waals surface area contributed by atoms with E-state index >= 15 is 0 Å². The van der Waals surface area contributed by atoms with Gasteiger partial charge in [0.05, 0.1) is 14.5 Å². The lowest BCUT2D eigenvalue weighted by atomic mass is 10.3. The first-order chi connectivity index (χ1) is 8.27. The molecule has 1 aromatic rings. The summed E-state index contributed by atoms with van der Waals surface area (Å²) in [7, 11) is 0. The number of hydrogen-bond donors (Lipinski definition) is 0. The van der Waals surface area contributed by atoms with Crippen LogP contribution in [0.4, 0.5) is 0 Å². The fraction of sp³-hybridized carbons (Fsp3) is 0.636. The summed E-state index contributed by atoms with van der Waals surface area (Å²) >= 11 is 6.11. The summed E-state index contributed by atoms with van der Waals surface area (Å²) in [5, 5.41) is 8.49. The zero-order valence-corrected chi connectivity index (χ0v) is 13.0. The first-order valence-electron chi connectivity index (χ1n) is 5.54. The maximum absolute atomic E-state index is 11.4. The van der Waals surface area contributed by atoms with E-state index in [2.05, 4.69) is 13.0 Å². The molecule has 2 nitrogen and oxygen atoms in total. The number of hydrogen-bond acceptors (Lipinski definition) is 6. The van der Waals surface area contributed by atoms with Gasteiger partial charge in [0, 0.05) is 12.2 Å². The molecule has 1 aromatic heterocycles. The fourth-order valence-electron chi connectivity index (χ4n) is 1.14. The lowest BCUT2D eigenvalue weighted by Crippen LogP contribution is -1.79. The Balaban J connectivity index is 2.46. The van der Waals surface area contributed by atoms with Crippen LogP contribution in [0.3, 0.4) is 0 Å². The summed E-state index contributed by atoms with van der Waals surface area (Å²) < 4.78 is 2.43. The van der Waals surface area contributed by atoms with Crippen LogP contribution in [0.25, 0.3) is 0 Å². The van der Waals surface area contributed by atoms with Gasteiger partial charge in [0.15, 0.2) is 0 Å². The minimum Gasteiger partial charge on any atom is -0.265 e. The number of nitrogens with zero attached hydrogens (tertiary/aromatic N) is 1. The molecular weight excluding hydrogens is 290 g/mol. The number of rotatable bonds is 8. The van der Waals surface area contributed by atoms with Crippen molar-refractivity contribution < 1.29 is 0 Å². The van der Waals surface area contributed by atoms with Crippen molar-refractivity contribution in [3.63, 3.8) is 0 Å². The van der Waals surface area contributed by atoms with Crippen LogP contribution in [0.2, 0.25) is 0 Å². The average molecular weight is 306 g/mol. The standard InChI is InChI=1S/C11H15NOS4/c1-2-3-4-7-14-9-10(15-8-5-6-12)17-11(13)16-9/h2-5,7-8H2,1H3. The highest BCUT2D eigenvalue weighted by Crippen LogP contribution is 2.37. The Morgan fingerprint density at radius 2 is 1.82 bits per heavy atom. The summed E-state index contributed by atoms with van der Waals surface area (Å²) in [4.78, 5) is 11.4. The van der Waals surface area contributed by atoms with Gasteiger partial charge in [0.1, 0.15) is 0 Å². The van der Waals surface area contributed by atoms with Crippen LogP contribution in [0, 0.1) is 11.3 Å². The third-order valence-corrected chi connectivity index (χ3v) is 7.12. The number of unbranched alkanes of at least 4 members (excludes halogenated alkanes) is 2. The molecule has 0 fully saturated rings. The van der Waals surface area contributed by atoms with E-state index in [9.17, 15) is 4.79 Å². The Morgan fingerprint density at radius 3 is 2.41 bits per heavy atom. The van der Waals surface area contributed by atoms with Gasteiger partial charge in [-0.2, -0.15) is 5.26 Å². The highest BCUT2D eigenvalue weighted by atomic mass is 32.2. The maximum Gasteiger partial charge on any atom is 0.289 e. The highest BCUT2D eigenvalue weighted by Gasteiger charge is 2.09. The normalized spacial score (nSPS) is 10.4. The molecule has 94 valence electrons. The smallest absolute Gasteiger partial charge is 0.265 e. The Hall–Kier alpha value is 0.0400. The van der Waals surface area contributed by atoms with Crippen LogP contribution < -0.4 is 4.06 Å². The van der Waals surface area contributed by atoms with Crippen LogP contribution in [-0.4, -0.2) is 11.5 Å². The molecule has 0 radical (unpaired) electrons. The molecule has 17 heavy (non-hydrogen) atoms. The molecule has 1 heterocycles. The molecule has 0 aliphatic rings. The average Bonchev–Trinajstić information content (AvgIpc) is 2.66. The van der Waals surface area contributed by atoms with Crippen molar-refractivity contribution in [3.8, 4) is 6.07 Å². The molecule has 0 bridgehead atoms. The summed E-state index contributed by atoms with van der Waals surface area (Å²) in [6, 6.07) is 2.13. The van der Waals surface area contributed by atoms with Gasteiger partial charge < -0.3 is 0 Å². The molecule has 0 aliphatic carbocycles. The number of nitriles is 1. The van der Waals surface area contributed by atoms with Gasteiger partial charge in [0.2, 0.25) is 0 Å². The first kappa shape index (κ1) is 15.1. The summed E-state index contributed by atoms with van der Waals surface area (Å²) in [5.41, 5.74) is 0. The van der Waals surface area contributed by atoms with Crippen molar-refractivity contribution >= 4 is 46.2 Å². The van der Waals surface area contributed by atoms with Crippen LogP contribution in [-0.2, 0) is 0 Å². The van der Waals surface area contributed by atoms with Crippen LogP contribution in [0.1, 0.15) is 32.6 Å². The monoisotopic (exact) mass is 305 g/mol. The fourth-order valence-corrected chi connectivity index (χ4v) is 6.37. The van der Waals surface area contributed by atoms with Gasteiger partial charge in [-0.05, 0) is 12.2 Å². The third kappa shape index (κ3) is 5.96. The second-order valence-electron chi connectivity index (χ2n) is 3.34. The van der Waals surface area contributed by atoms with E-state index in [4.69, 9.17) is 5.26 Å². The zero-order valence-electron chi connectivity index (χ0n) is 9.73. The molecule has 0 unspecified atom stereocenters. The lowest BCUT2D eigenvalue weighted by Gasteiger charge is -2.00. The molecule has 0 saturated heterocycles. The van der Waals surface area contributed by atoms with E-state index in [1.54, 1.807) is 23.5 Å². The molecule has 0 spiro atoms. The third-order valence-electron chi connectivity index (χ3n) is 1.95. The summed E-state index contributed by atoms with van der Waals surface area (Å²) in [5.74, 6) is 1.87. The Bertz CT molecular complexity index is 418. The van der Waals surface area contributed by atoms with E-state index in [1.807, 2.05) is 0 Å². The highest BCUT2D eigenvalue weighted by molar-refractivity contribution is 8.04. The van der Waals surface area contributed by atoms with Crippen molar-refractivity contribution in [2.75, 3.05) is 11.5 Å². The predicted molar refractivity (Wildman–Crippen MR) is 79.7 cm³/mol. The second kappa shape index (κ2) is 9.03. The van der Waals surface area contributed by atoms with Gasteiger partial charge in [-0.15, -0.1) is 23.5 Å². The van der Waals surface area contributed by atoms with Crippen molar-refractivity contribution in [3.05, 3.63) is 8.85 Å². The maximum atomic E-state index is 11.4. The zero-order chi connectivity index (χ0) is 12.5. The van der Waals surface area contributed by atoms with Crippen molar-refractivity contribution in [2.45, 2.75) is 41.0 Å². The van der Waals surface area contributed by atoms with Gasteiger partial charge in [-0.25, -0.2) is 0 Å². The quantitative estimate of drug-likeness (QED) is 0.525. The summed E-state index contributed by atoms with van der Waals surface area (Å²) in [6.45, 7) is 2.19. The second-order valence-corrected chi connectivity index (χ2v) is 8.29.